The molecule has 0 unspecified atom stereocenters. The normalized spacial score (nSPS) is 12.1. The summed E-state index contributed by atoms with van der Waals surface area (Å²) in [5.74, 6) is -1.05. The van der Waals surface area contributed by atoms with E-state index in [9.17, 15) is 19.3 Å². The largest absolute Gasteiger partial charge is 0.489 e. The van der Waals surface area contributed by atoms with Crippen LogP contribution in [-0.2, 0) is 37.6 Å². The fourth-order valence-corrected chi connectivity index (χ4v) is 5.39. The minimum atomic E-state index is -3.27. The molecule has 0 saturated carbocycles. The van der Waals surface area contributed by atoms with Crippen molar-refractivity contribution >= 4 is 19.5 Å². The standard InChI is InChI=1S/C28H32NO7P/c1-3-35-37(33,36-4-2)20-22-13-15-24(16-14-22)27(30)29-26(28(31)32)18-23-11-8-12-25(17-23)34-19-21-9-6-5-7-10-21/h5-17,26H,3-4,18-20H2,1-2H3,(H,29,30)(H,31,32)/t26-/m0/s1. The Balaban J connectivity index is 1.62. The molecule has 0 aliphatic heterocycles. The van der Waals surface area contributed by atoms with Crippen LogP contribution >= 0.6 is 7.60 Å². The van der Waals surface area contributed by atoms with Crippen LogP contribution in [0.4, 0.5) is 0 Å². The highest BCUT2D eigenvalue weighted by Crippen LogP contribution is 2.51. The van der Waals surface area contributed by atoms with Crippen LogP contribution in [0, 0.1) is 0 Å². The molecule has 37 heavy (non-hydrogen) atoms. The average Bonchev–Trinajstić information content (AvgIpc) is 2.88. The van der Waals surface area contributed by atoms with Gasteiger partial charge in [0.25, 0.3) is 5.91 Å². The molecule has 0 saturated heterocycles. The number of ether oxygens (including phenoxy) is 1. The number of carboxylic acid groups (broad SMARTS) is 1. The third-order valence-electron chi connectivity index (χ3n) is 5.43. The van der Waals surface area contributed by atoms with Gasteiger partial charge in [-0.2, -0.15) is 0 Å². The van der Waals surface area contributed by atoms with Gasteiger partial charge in [-0.25, -0.2) is 4.79 Å². The van der Waals surface area contributed by atoms with Crippen LogP contribution in [-0.4, -0.2) is 36.2 Å². The first-order valence-corrected chi connectivity index (χ1v) is 13.8. The zero-order chi connectivity index (χ0) is 26.7. The topological polar surface area (TPSA) is 111 Å². The highest BCUT2D eigenvalue weighted by molar-refractivity contribution is 7.53. The van der Waals surface area contributed by atoms with Crippen LogP contribution in [0.5, 0.6) is 5.75 Å². The maximum Gasteiger partial charge on any atom is 0.335 e. The maximum atomic E-state index is 12.8. The number of carboxylic acids is 1. The van der Waals surface area contributed by atoms with E-state index in [0.717, 1.165) is 11.1 Å². The van der Waals surface area contributed by atoms with Crippen LogP contribution in [0.3, 0.4) is 0 Å². The Morgan fingerprint density at radius 2 is 1.51 bits per heavy atom. The molecule has 196 valence electrons. The molecule has 1 amide bonds. The van der Waals surface area contributed by atoms with Crippen LogP contribution in [0.15, 0.2) is 78.9 Å². The van der Waals surface area contributed by atoms with Gasteiger partial charge < -0.3 is 24.2 Å². The van der Waals surface area contributed by atoms with E-state index in [1.807, 2.05) is 30.3 Å². The highest BCUT2D eigenvalue weighted by atomic mass is 31.2. The molecule has 0 bridgehead atoms. The molecule has 8 nitrogen and oxygen atoms in total. The number of nitrogens with one attached hydrogen (secondary N) is 1. The van der Waals surface area contributed by atoms with E-state index in [1.165, 1.54) is 0 Å². The van der Waals surface area contributed by atoms with Gasteiger partial charge >= 0.3 is 13.6 Å². The summed E-state index contributed by atoms with van der Waals surface area (Å²) in [5.41, 5.74) is 2.71. The molecular weight excluding hydrogens is 493 g/mol. The van der Waals surface area contributed by atoms with Crippen molar-refractivity contribution in [2.75, 3.05) is 13.2 Å². The summed E-state index contributed by atoms with van der Waals surface area (Å²) in [6.07, 6.45) is 0.171. The second-order valence-corrected chi connectivity index (χ2v) is 10.3. The number of carbonyl (C=O) groups is 2. The van der Waals surface area contributed by atoms with E-state index < -0.39 is 25.5 Å². The Kier molecular flexibility index (Phi) is 10.4. The monoisotopic (exact) mass is 525 g/mol. The zero-order valence-electron chi connectivity index (χ0n) is 21.0. The van der Waals surface area contributed by atoms with Gasteiger partial charge in [0.05, 0.1) is 19.4 Å². The van der Waals surface area contributed by atoms with Crippen molar-refractivity contribution in [2.45, 2.75) is 39.1 Å². The predicted molar refractivity (Wildman–Crippen MR) is 141 cm³/mol. The minimum absolute atomic E-state index is 0.0804. The molecule has 3 aromatic carbocycles. The van der Waals surface area contributed by atoms with Gasteiger partial charge in [-0.15, -0.1) is 0 Å². The van der Waals surface area contributed by atoms with Gasteiger partial charge in [-0.3, -0.25) is 9.36 Å². The first-order chi connectivity index (χ1) is 17.8. The van der Waals surface area contributed by atoms with Crippen molar-refractivity contribution < 1.29 is 33.0 Å². The van der Waals surface area contributed by atoms with Gasteiger partial charge in [0.2, 0.25) is 0 Å². The van der Waals surface area contributed by atoms with Gasteiger partial charge in [0, 0.05) is 12.0 Å². The Bertz CT molecular complexity index is 1200. The summed E-state index contributed by atoms with van der Waals surface area (Å²) in [6, 6.07) is 22.2. The average molecular weight is 526 g/mol. The fraction of sp³-hybridized carbons (Fsp3) is 0.286. The summed E-state index contributed by atoms with van der Waals surface area (Å²) in [6.45, 7) is 4.40. The Morgan fingerprint density at radius 1 is 0.865 bits per heavy atom. The SMILES string of the molecule is CCOP(=O)(Cc1ccc(C(=O)N[C@@H](Cc2cccc(OCc3ccccc3)c2)C(=O)O)cc1)OCC. The molecule has 3 aromatic rings. The van der Waals surface area contributed by atoms with E-state index in [-0.39, 0.29) is 31.4 Å². The van der Waals surface area contributed by atoms with Crippen molar-refractivity contribution in [1.82, 2.24) is 5.32 Å². The van der Waals surface area contributed by atoms with Crippen molar-refractivity contribution in [3.8, 4) is 5.75 Å². The fourth-order valence-electron chi connectivity index (χ4n) is 3.69. The number of carbonyl (C=O) groups excluding carboxylic acids is 1. The number of rotatable bonds is 14. The van der Waals surface area contributed by atoms with Crippen molar-refractivity contribution in [3.05, 3.63) is 101 Å². The number of benzene rings is 3. The predicted octanol–water partition coefficient (Wildman–Crippen LogP) is 5.46. The zero-order valence-corrected chi connectivity index (χ0v) is 21.9. The lowest BCUT2D eigenvalue weighted by Crippen LogP contribution is -2.42. The highest BCUT2D eigenvalue weighted by Gasteiger charge is 2.25. The number of aliphatic carboxylic acids is 1. The quantitative estimate of drug-likeness (QED) is 0.269. The second kappa shape index (κ2) is 13.7. The first-order valence-electron chi connectivity index (χ1n) is 12.1. The molecule has 0 fully saturated rings. The summed E-state index contributed by atoms with van der Waals surface area (Å²) < 4.78 is 29.2. The third kappa shape index (κ3) is 8.86. The van der Waals surface area contributed by atoms with Gasteiger partial charge in [-0.1, -0.05) is 54.6 Å². The van der Waals surface area contributed by atoms with Crippen LogP contribution in [0.25, 0.3) is 0 Å². The summed E-state index contributed by atoms with van der Waals surface area (Å²) >= 11 is 0. The Labute approximate surface area is 217 Å². The Morgan fingerprint density at radius 3 is 2.14 bits per heavy atom. The van der Waals surface area contributed by atoms with E-state index in [2.05, 4.69) is 5.32 Å². The van der Waals surface area contributed by atoms with E-state index in [0.29, 0.717) is 17.9 Å². The molecule has 9 heteroatoms. The van der Waals surface area contributed by atoms with Crippen molar-refractivity contribution in [1.29, 1.82) is 0 Å². The molecule has 0 heterocycles. The van der Waals surface area contributed by atoms with Crippen LogP contribution < -0.4 is 10.1 Å². The molecule has 2 N–H and O–H groups in total. The number of hydrogen-bond acceptors (Lipinski definition) is 6. The van der Waals surface area contributed by atoms with Crippen molar-refractivity contribution in [3.63, 3.8) is 0 Å². The van der Waals surface area contributed by atoms with Gasteiger partial charge in [-0.05, 0) is 54.8 Å². The summed E-state index contributed by atoms with van der Waals surface area (Å²) in [5, 5.41) is 12.3. The summed E-state index contributed by atoms with van der Waals surface area (Å²) in [4.78, 5) is 24.7. The molecule has 0 radical (unpaired) electrons. The van der Waals surface area contributed by atoms with Gasteiger partial charge in [0.1, 0.15) is 18.4 Å². The number of hydrogen-bond donors (Lipinski definition) is 2. The number of amides is 1. The Hall–Kier alpha value is -3.45. The molecule has 0 aliphatic rings. The lowest BCUT2D eigenvalue weighted by molar-refractivity contribution is -0.139. The third-order valence-corrected chi connectivity index (χ3v) is 7.49. The van der Waals surface area contributed by atoms with Gasteiger partial charge in [0.15, 0.2) is 0 Å². The van der Waals surface area contributed by atoms with Crippen LogP contribution in [0.2, 0.25) is 0 Å². The molecule has 1 atom stereocenters. The molecular formula is C28H32NO7P. The van der Waals surface area contributed by atoms with E-state index in [4.69, 9.17) is 13.8 Å². The van der Waals surface area contributed by atoms with E-state index in [1.54, 1.807) is 62.4 Å². The lowest BCUT2D eigenvalue weighted by atomic mass is 10.0. The molecule has 0 spiro atoms. The van der Waals surface area contributed by atoms with E-state index >= 15 is 0 Å². The summed E-state index contributed by atoms with van der Waals surface area (Å²) in [7, 11) is -3.27. The second-order valence-electron chi connectivity index (χ2n) is 8.29. The lowest BCUT2D eigenvalue weighted by Gasteiger charge is -2.17. The molecule has 3 rings (SSSR count). The first kappa shape index (κ1) is 28.1. The van der Waals surface area contributed by atoms with Crippen LogP contribution in [0.1, 0.15) is 40.9 Å². The minimum Gasteiger partial charge on any atom is -0.489 e. The smallest absolute Gasteiger partial charge is 0.335 e. The maximum absolute atomic E-state index is 12.8. The molecule has 0 aromatic heterocycles. The molecule has 0 aliphatic carbocycles. The van der Waals surface area contributed by atoms with Crippen molar-refractivity contribution in [2.24, 2.45) is 0 Å².